The van der Waals surface area contributed by atoms with Crippen molar-refractivity contribution in [1.29, 1.82) is 0 Å². The zero-order valence-electron chi connectivity index (χ0n) is 9.63. The van der Waals surface area contributed by atoms with Gasteiger partial charge in [0.05, 0.1) is 18.1 Å². The molecular weight excluding hydrogens is 264 g/mol. The summed E-state index contributed by atoms with van der Waals surface area (Å²) in [6.07, 6.45) is -0.962. The quantitative estimate of drug-likeness (QED) is 0.485. The summed E-state index contributed by atoms with van der Waals surface area (Å²) in [5, 5.41) is 22.0. The lowest BCUT2D eigenvalue weighted by Crippen LogP contribution is -2.48. The summed E-state index contributed by atoms with van der Waals surface area (Å²) < 4.78 is 22.3. The van der Waals surface area contributed by atoms with Crippen molar-refractivity contribution in [2.75, 3.05) is 18.1 Å². The van der Waals surface area contributed by atoms with E-state index in [0.29, 0.717) is 12.8 Å². The minimum absolute atomic E-state index is 0.0374. The van der Waals surface area contributed by atoms with E-state index in [0.717, 1.165) is 0 Å². The molecule has 4 N–H and O–H groups in total. The van der Waals surface area contributed by atoms with Gasteiger partial charge in [0.25, 0.3) is 0 Å². The van der Waals surface area contributed by atoms with Gasteiger partial charge < -0.3 is 20.8 Å². The van der Waals surface area contributed by atoms with Gasteiger partial charge in [0, 0.05) is 6.04 Å². The van der Waals surface area contributed by atoms with E-state index in [1.54, 1.807) is 0 Å². The number of amides is 2. The Balaban J connectivity index is 2.27. The van der Waals surface area contributed by atoms with E-state index in [1.165, 1.54) is 0 Å². The summed E-state index contributed by atoms with van der Waals surface area (Å²) >= 11 is 0. The third-order valence-corrected chi connectivity index (χ3v) is 4.35. The molecule has 9 heteroatoms. The van der Waals surface area contributed by atoms with Gasteiger partial charge in [0.15, 0.2) is 6.10 Å². The number of carbonyl (C=O) groups is 2. The Morgan fingerprint density at radius 1 is 1.28 bits per heavy atom. The number of carbonyl (C=O) groups excluding carboxylic acids is 1. The van der Waals surface area contributed by atoms with Crippen molar-refractivity contribution < 1.29 is 28.2 Å². The van der Waals surface area contributed by atoms with Crippen molar-refractivity contribution in [1.82, 2.24) is 10.6 Å². The molecule has 1 saturated heterocycles. The molecule has 8 nitrogen and oxygen atoms in total. The molecule has 0 bridgehead atoms. The molecule has 1 rings (SSSR count). The lowest BCUT2D eigenvalue weighted by molar-refractivity contribution is -0.146. The highest BCUT2D eigenvalue weighted by Crippen LogP contribution is 2.11. The fourth-order valence-electron chi connectivity index (χ4n) is 1.55. The second-order valence-corrected chi connectivity index (χ2v) is 6.44. The van der Waals surface area contributed by atoms with Crippen LogP contribution in [0.1, 0.15) is 12.8 Å². The number of carboxylic acid groups (broad SMARTS) is 1. The van der Waals surface area contributed by atoms with E-state index < -0.39 is 34.5 Å². The Hall–Kier alpha value is -1.35. The highest BCUT2D eigenvalue weighted by molar-refractivity contribution is 7.91. The first-order chi connectivity index (χ1) is 8.30. The van der Waals surface area contributed by atoms with Crippen LogP contribution in [0.25, 0.3) is 0 Å². The number of nitrogens with one attached hydrogen (secondary N) is 2. The van der Waals surface area contributed by atoms with E-state index in [4.69, 9.17) is 10.2 Å². The van der Waals surface area contributed by atoms with Gasteiger partial charge in [-0.25, -0.2) is 18.0 Å². The van der Waals surface area contributed by atoms with Crippen LogP contribution in [0.2, 0.25) is 0 Å². The largest absolute Gasteiger partial charge is 0.479 e. The summed E-state index contributed by atoms with van der Waals surface area (Å²) in [5.41, 5.74) is 0. The van der Waals surface area contributed by atoms with E-state index in [-0.39, 0.29) is 17.5 Å². The van der Waals surface area contributed by atoms with Crippen molar-refractivity contribution in [2.24, 2.45) is 0 Å². The summed E-state index contributed by atoms with van der Waals surface area (Å²) in [4.78, 5) is 21.6. The lowest BCUT2D eigenvalue weighted by Gasteiger charge is -2.23. The molecule has 1 fully saturated rings. The molecule has 0 spiro atoms. The van der Waals surface area contributed by atoms with Crippen molar-refractivity contribution in [2.45, 2.75) is 25.0 Å². The number of sulfone groups is 1. The Morgan fingerprint density at radius 3 is 2.33 bits per heavy atom. The molecular formula is C9H16N2O6S. The number of hydrogen-bond donors (Lipinski definition) is 4. The summed E-state index contributed by atoms with van der Waals surface area (Å²) in [5.74, 6) is -1.34. The number of carboxylic acids is 1. The van der Waals surface area contributed by atoms with Crippen molar-refractivity contribution in [3.8, 4) is 0 Å². The first-order valence-corrected chi connectivity index (χ1v) is 7.28. The van der Waals surface area contributed by atoms with Gasteiger partial charge in [-0.3, -0.25) is 0 Å². The predicted molar refractivity (Wildman–Crippen MR) is 61.9 cm³/mol. The van der Waals surface area contributed by atoms with Crippen LogP contribution in [0.15, 0.2) is 0 Å². The molecule has 18 heavy (non-hydrogen) atoms. The number of aliphatic hydroxyl groups excluding tert-OH is 1. The van der Waals surface area contributed by atoms with Crippen LogP contribution in [0, 0.1) is 0 Å². The Labute approximate surface area is 104 Å². The molecule has 0 saturated carbocycles. The van der Waals surface area contributed by atoms with E-state index in [1.807, 2.05) is 0 Å². The molecule has 0 aliphatic carbocycles. The third-order valence-electron chi connectivity index (χ3n) is 2.63. The molecule has 2 amide bonds. The lowest BCUT2D eigenvalue weighted by atomic mass is 10.2. The van der Waals surface area contributed by atoms with Crippen LogP contribution in [0.4, 0.5) is 4.79 Å². The highest BCUT2D eigenvalue weighted by Gasteiger charge is 2.24. The van der Waals surface area contributed by atoms with Crippen LogP contribution >= 0.6 is 0 Å². The maximum atomic E-state index is 11.3. The minimum Gasteiger partial charge on any atom is -0.479 e. The first-order valence-electron chi connectivity index (χ1n) is 5.46. The molecule has 1 heterocycles. The van der Waals surface area contributed by atoms with Crippen molar-refractivity contribution >= 4 is 21.8 Å². The molecule has 1 aliphatic rings. The second kappa shape index (κ2) is 6.01. The number of aliphatic hydroxyl groups is 1. The molecule has 1 aliphatic heterocycles. The Bertz CT molecular complexity index is 407. The zero-order valence-corrected chi connectivity index (χ0v) is 10.4. The monoisotopic (exact) mass is 280 g/mol. The Morgan fingerprint density at radius 2 is 1.83 bits per heavy atom. The zero-order chi connectivity index (χ0) is 13.8. The fourth-order valence-corrected chi connectivity index (χ4v) is 3.04. The number of urea groups is 1. The smallest absolute Gasteiger partial charge is 0.334 e. The topological polar surface area (TPSA) is 133 Å². The van der Waals surface area contributed by atoms with Gasteiger partial charge in [-0.1, -0.05) is 0 Å². The number of aliphatic carboxylic acids is 1. The van der Waals surface area contributed by atoms with Crippen LogP contribution < -0.4 is 10.6 Å². The Kier molecular flexibility index (Phi) is 4.91. The summed E-state index contributed by atoms with van der Waals surface area (Å²) in [7, 11) is -2.98. The fraction of sp³-hybridized carbons (Fsp3) is 0.778. The first kappa shape index (κ1) is 14.7. The SMILES string of the molecule is O=C(NC[C@H](O)C(=O)O)NC1CCS(=O)(=O)CC1. The molecule has 0 unspecified atom stereocenters. The van der Waals surface area contributed by atoms with Crippen LogP contribution in [-0.4, -0.2) is 60.8 Å². The maximum absolute atomic E-state index is 11.3. The van der Waals surface area contributed by atoms with Gasteiger partial charge in [0.2, 0.25) is 0 Å². The molecule has 104 valence electrons. The minimum atomic E-state index is -2.98. The molecule has 0 radical (unpaired) electrons. The van der Waals surface area contributed by atoms with Crippen LogP contribution in [0.5, 0.6) is 0 Å². The van der Waals surface area contributed by atoms with Gasteiger partial charge in [-0.15, -0.1) is 0 Å². The number of hydrogen-bond acceptors (Lipinski definition) is 5. The predicted octanol–water partition coefficient (Wildman–Crippen LogP) is -1.69. The summed E-state index contributed by atoms with van der Waals surface area (Å²) in [6.45, 7) is -0.397. The van der Waals surface area contributed by atoms with E-state index in [2.05, 4.69) is 10.6 Å². The molecule has 0 aromatic rings. The molecule has 0 aromatic heterocycles. The standard InChI is InChI=1S/C9H16N2O6S/c12-7(8(13)14)5-10-9(15)11-6-1-3-18(16,17)4-2-6/h6-7,12H,1-5H2,(H,13,14)(H2,10,11,15)/t7-/m0/s1. The normalized spacial score (nSPS) is 20.9. The average Bonchev–Trinajstić information content (AvgIpc) is 2.28. The van der Waals surface area contributed by atoms with Gasteiger partial charge in [-0.2, -0.15) is 0 Å². The van der Waals surface area contributed by atoms with E-state index in [9.17, 15) is 18.0 Å². The van der Waals surface area contributed by atoms with Gasteiger partial charge in [0.1, 0.15) is 9.84 Å². The summed E-state index contributed by atoms with van der Waals surface area (Å²) in [6, 6.07) is -0.852. The van der Waals surface area contributed by atoms with Gasteiger partial charge >= 0.3 is 12.0 Å². The van der Waals surface area contributed by atoms with Crippen LogP contribution in [0.3, 0.4) is 0 Å². The van der Waals surface area contributed by atoms with Gasteiger partial charge in [-0.05, 0) is 12.8 Å². The molecule has 0 aromatic carbocycles. The second-order valence-electron chi connectivity index (χ2n) is 4.13. The third kappa shape index (κ3) is 4.88. The van der Waals surface area contributed by atoms with Crippen LogP contribution in [-0.2, 0) is 14.6 Å². The van der Waals surface area contributed by atoms with Crippen molar-refractivity contribution in [3.63, 3.8) is 0 Å². The highest BCUT2D eigenvalue weighted by atomic mass is 32.2. The van der Waals surface area contributed by atoms with E-state index >= 15 is 0 Å². The maximum Gasteiger partial charge on any atom is 0.334 e. The van der Waals surface area contributed by atoms with Crippen molar-refractivity contribution in [3.05, 3.63) is 0 Å². The average molecular weight is 280 g/mol. The number of rotatable bonds is 4. The molecule has 1 atom stereocenters.